The standard InChI is InChI=1S/C10H23O6P/c1-4-7-8-14-9(5-2)15-10(6-3)16-17(11,12)13/h9-10H,4-8H2,1-3H3,(H2,11,12,13). The average Bonchev–Trinajstić information content (AvgIpc) is 2.25. The fourth-order valence-corrected chi connectivity index (χ4v) is 1.64. The molecule has 0 fully saturated rings. The SMILES string of the molecule is CCCCOC(CC)OC(CC)OP(=O)(O)O. The van der Waals surface area contributed by atoms with E-state index in [1.54, 1.807) is 6.92 Å². The molecule has 0 aliphatic rings. The molecular formula is C10H23O6P. The average molecular weight is 270 g/mol. The zero-order chi connectivity index (χ0) is 13.3. The summed E-state index contributed by atoms with van der Waals surface area (Å²) in [5.74, 6) is 0. The third-order valence-corrected chi connectivity index (χ3v) is 2.54. The lowest BCUT2D eigenvalue weighted by atomic mass is 10.3. The van der Waals surface area contributed by atoms with Crippen molar-refractivity contribution in [2.75, 3.05) is 6.61 Å². The van der Waals surface area contributed by atoms with Crippen molar-refractivity contribution in [1.82, 2.24) is 0 Å². The van der Waals surface area contributed by atoms with Crippen LogP contribution in [0.5, 0.6) is 0 Å². The van der Waals surface area contributed by atoms with Gasteiger partial charge in [0.15, 0.2) is 12.6 Å². The minimum Gasteiger partial charge on any atom is -0.353 e. The van der Waals surface area contributed by atoms with Crippen molar-refractivity contribution >= 4 is 7.82 Å². The van der Waals surface area contributed by atoms with Gasteiger partial charge in [-0.25, -0.2) is 4.57 Å². The predicted molar refractivity (Wildman–Crippen MR) is 63.2 cm³/mol. The Kier molecular flexibility index (Phi) is 9.04. The Balaban J connectivity index is 4.08. The summed E-state index contributed by atoms with van der Waals surface area (Å²) in [7, 11) is -4.52. The zero-order valence-electron chi connectivity index (χ0n) is 10.7. The van der Waals surface area contributed by atoms with Crippen LogP contribution in [0.25, 0.3) is 0 Å². The fraction of sp³-hybridized carbons (Fsp3) is 1.00. The first-order valence-corrected chi connectivity index (χ1v) is 7.46. The van der Waals surface area contributed by atoms with Gasteiger partial charge in [-0.3, -0.25) is 4.52 Å². The maximum Gasteiger partial charge on any atom is 0.471 e. The van der Waals surface area contributed by atoms with Gasteiger partial charge in [0.25, 0.3) is 0 Å². The third kappa shape index (κ3) is 9.71. The minimum absolute atomic E-state index is 0.346. The van der Waals surface area contributed by atoms with Crippen LogP contribution in [0, 0.1) is 0 Å². The van der Waals surface area contributed by atoms with Crippen molar-refractivity contribution in [3.8, 4) is 0 Å². The molecule has 0 amide bonds. The number of hydrogen-bond acceptors (Lipinski definition) is 4. The van der Waals surface area contributed by atoms with Crippen LogP contribution < -0.4 is 0 Å². The summed E-state index contributed by atoms with van der Waals surface area (Å²) in [4.78, 5) is 17.4. The van der Waals surface area contributed by atoms with Crippen LogP contribution in [0.1, 0.15) is 46.5 Å². The highest BCUT2D eigenvalue weighted by Gasteiger charge is 2.24. The van der Waals surface area contributed by atoms with E-state index < -0.39 is 20.4 Å². The van der Waals surface area contributed by atoms with Gasteiger partial charge < -0.3 is 19.3 Å². The molecular weight excluding hydrogens is 247 g/mol. The molecule has 6 nitrogen and oxygen atoms in total. The van der Waals surface area contributed by atoms with Gasteiger partial charge in [0.05, 0.1) is 0 Å². The fourth-order valence-electron chi connectivity index (χ4n) is 1.13. The molecule has 0 aromatic heterocycles. The maximum atomic E-state index is 10.7. The molecule has 0 aliphatic carbocycles. The molecule has 2 N–H and O–H groups in total. The third-order valence-electron chi connectivity index (χ3n) is 2.03. The first-order chi connectivity index (χ1) is 7.92. The second-order valence-corrected chi connectivity index (χ2v) is 4.82. The lowest BCUT2D eigenvalue weighted by Gasteiger charge is -2.23. The Bertz CT molecular complexity index is 229. The van der Waals surface area contributed by atoms with E-state index in [2.05, 4.69) is 11.4 Å². The van der Waals surface area contributed by atoms with Gasteiger partial charge in [-0.1, -0.05) is 27.2 Å². The summed E-state index contributed by atoms with van der Waals surface area (Å²) < 4.78 is 25.9. The monoisotopic (exact) mass is 270 g/mol. The Morgan fingerprint density at radius 2 is 1.71 bits per heavy atom. The van der Waals surface area contributed by atoms with Crippen LogP contribution >= 0.6 is 7.82 Å². The molecule has 0 aliphatic heterocycles. The van der Waals surface area contributed by atoms with Crippen LogP contribution in [0.2, 0.25) is 0 Å². The van der Waals surface area contributed by atoms with E-state index in [0.29, 0.717) is 19.4 Å². The molecule has 0 radical (unpaired) electrons. The highest BCUT2D eigenvalue weighted by Crippen LogP contribution is 2.38. The summed E-state index contributed by atoms with van der Waals surface area (Å²) in [6.07, 6.45) is 1.46. The summed E-state index contributed by atoms with van der Waals surface area (Å²) >= 11 is 0. The Morgan fingerprint density at radius 3 is 2.12 bits per heavy atom. The van der Waals surface area contributed by atoms with E-state index in [9.17, 15) is 4.57 Å². The van der Waals surface area contributed by atoms with Gasteiger partial charge in [0, 0.05) is 6.61 Å². The van der Waals surface area contributed by atoms with Crippen molar-refractivity contribution in [2.45, 2.75) is 59.0 Å². The number of ether oxygens (including phenoxy) is 2. The highest BCUT2D eigenvalue weighted by atomic mass is 31.2. The highest BCUT2D eigenvalue weighted by molar-refractivity contribution is 7.46. The second-order valence-electron chi connectivity index (χ2n) is 3.63. The second kappa shape index (κ2) is 9.03. The van der Waals surface area contributed by atoms with E-state index in [-0.39, 0.29) is 0 Å². The quantitative estimate of drug-likeness (QED) is 0.360. The molecule has 0 spiro atoms. The normalized spacial score (nSPS) is 15.8. The van der Waals surface area contributed by atoms with Crippen LogP contribution in [0.15, 0.2) is 0 Å². The smallest absolute Gasteiger partial charge is 0.353 e. The summed E-state index contributed by atoms with van der Waals surface area (Å²) in [5.41, 5.74) is 0. The Hall–Kier alpha value is 0.0300. The van der Waals surface area contributed by atoms with Crippen molar-refractivity contribution < 1.29 is 28.3 Å². The molecule has 104 valence electrons. The lowest BCUT2D eigenvalue weighted by molar-refractivity contribution is -0.224. The molecule has 0 aromatic carbocycles. The van der Waals surface area contributed by atoms with Gasteiger partial charge >= 0.3 is 7.82 Å². The van der Waals surface area contributed by atoms with E-state index in [1.807, 2.05) is 6.92 Å². The van der Waals surface area contributed by atoms with E-state index in [1.165, 1.54) is 0 Å². The number of unbranched alkanes of at least 4 members (excludes halogenated alkanes) is 1. The van der Waals surface area contributed by atoms with Gasteiger partial charge in [-0.05, 0) is 19.3 Å². The van der Waals surface area contributed by atoms with Crippen molar-refractivity contribution in [3.05, 3.63) is 0 Å². The van der Waals surface area contributed by atoms with Crippen molar-refractivity contribution in [2.24, 2.45) is 0 Å². The minimum atomic E-state index is -4.52. The molecule has 2 unspecified atom stereocenters. The van der Waals surface area contributed by atoms with Crippen LogP contribution in [-0.2, 0) is 18.6 Å². The van der Waals surface area contributed by atoms with Gasteiger partial charge in [0.1, 0.15) is 0 Å². The van der Waals surface area contributed by atoms with Crippen molar-refractivity contribution in [3.63, 3.8) is 0 Å². The number of phosphoric acid groups is 1. The van der Waals surface area contributed by atoms with Crippen LogP contribution in [0.4, 0.5) is 0 Å². The topological polar surface area (TPSA) is 85.2 Å². The largest absolute Gasteiger partial charge is 0.471 e. The molecule has 0 saturated heterocycles. The Morgan fingerprint density at radius 1 is 1.12 bits per heavy atom. The molecule has 0 rings (SSSR count). The van der Waals surface area contributed by atoms with Gasteiger partial charge in [-0.2, -0.15) is 0 Å². The summed E-state index contributed by atoms with van der Waals surface area (Å²) in [6.45, 7) is 6.22. The van der Waals surface area contributed by atoms with E-state index >= 15 is 0 Å². The Labute approximate surface area is 103 Å². The molecule has 0 aromatic rings. The maximum absolute atomic E-state index is 10.7. The summed E-state index contributed by atoms with van der Waals surface area (Å²) in [6, 6.07) is 0. The molecule has 7 heteroatoms. The number of phosphoric ester groups is 1. The predicted octanol–water partition coefficient (Wildman–Crippen LogP) is 2.40. The molecule has 0 bridgehead atoms. The van der Waals surface area contributed by atoms with Crippen LogP contribution in [-0.4, -0.2) is 29.0 Å². The molecule has 0 heterocycles. The zero-order valence-corrected chi connectivity index (χ0v) is 11.6. The van der Waals surface area contributed by atoms with Gasteiger partial charge in [0.2, 0.25) is 0 Å². The van der Waals surface area contributed by atoms with Crippen molar-refractivity contribution in [1.29, 1.82) is 0 Å². The van der Waals surface area contributed by atoms with E-state index in [0.717, 1.165) is 12.8 Å². The van der Waals surface area contributed by atoms with E-state index in [4.69, 9.17) is 19.3 Å². The summed E-state index contributed by atoms with van der Waals surface area (Å²) in [5, 5.41) is 0. The molecule has 2 atom stereocenters. The van der Waals surface area contributed by atoms with Gasteiger partial charge in [-0.15, -0.1) is 0 Å². The lowest BCUT2D eigenvalue weighted by Crippen LogP contribution is -2.25. The first-order valence-electron chi connectivity index (χ1n) is 5.93. The first kappa shape index (κ1) is 17.0. The number of rotatable bonds is 10. The molecule has 0 saturated carbocycles. The number of hydrogen-bond donors (Lipinski definition) is 2. The van der Waals surface area contributed by atoms with Crippen LogP contribution in [0.3, 0.4) is 0 Å². The molecule has 17 heavy (non-hydrogen) atoms.